The number of hydrogen-bond donors (Lipinski definition) is 2. The molecule has 0 radical (unpaired) electrons. The summed E-state index contributed by atoms with van der Waals surface area (Å²) in [5.74, 6) is 2.69. The first-order valence-corrected chi connectivity index (χ1v) is 13.6. The van der Waals surface area contributed by atoms with Gasteiger partial charge >= 0.3 is 0 Å². The molecule has 3 N–H and O–H groups in total. The van der Waals surface area contributed by atoms with E-state index >= 15 is 0 Å². The number of imidazole rings is 1. The van der Waals surface area contributed by atoms with Crippen LogP contribution in [0.2, 0.25) is 0 Å². The van der Waals surface area contributed by atoms with Crippen LogP contribution in [-0.2, 0) is 16.6 Å². The number of aryl methyl sites for hydroxylation is 2. The summed E-state index contributed by atoms with van der Waals surface area (Å²) in [5.41, 5.74) is 7.12. The lowest BCUT2D eigenvalue weighted by atomic mass is 10.1. The van der Waals surface area contributed by atoms with E-state index in [-0.39, 0.29) is 24.9 Å². The van der Waals surface area contributed by atoms with Crippen LogP contribution >= 0.6 is 11.8 Å². The number of fused-ring (bicyclic) bond motifs is 2. The van der Waals surface area contributed by atoms with Gasteiger partial charge in [-0.1, -0.05) is 11.8 Å². The lowest BCUT2D eigenvalue weighted by Crippen LogP contribution is -2.42. The molecule has 0 spiro atoms. The van der Waals surface area contributed by atoms with E-state index in [1.54, 1.807) is 25.3 Å². The van der Waals surface area contributed by atoms with Gasteiger partial charge in [0, 0.05) is 22.5 Å². The predicted octanol–water partition coefficient (Wildman–Crippen LogP) is 3.57. The van der Waals surface area contributed by atoms with Crippen molar-refractivity contribution in [3.8, 4) is 22.8 Å². The molecule has 13 heteroatoms. The second kappa shape index (κ2) is 8.98. The number of nitrogens with zero attached hydrogens (tertiary/aromatic N) is 4. The Morgan fingerprint density at radius 2 is 1.92 bits per heavy atom. The van der Waals surface area contributed by atoms with Gasteiger partial charge in [0.25, 0.3) is 0 Å². The Bertz CT molecular complexity index is 1560. The Kier molecular flexibility index (Phi) is 6.09. The fourth-order valence-corrected chi connectivity index (χ4v) is 6.34. The third kappa shape index (κ3) is 4.99. The van der Waals surface area contributed by atoms with Crippen molar-refractivity contribution in [2.24, 2.45) is 0 Å². The van der Waals surface area contributed by atoms with E-state index < -0.39 is 15.6 Å². The van der Waals surface area contributed by atoms with Crippen LogP contribution in [0.25, 0.3) is 22.5 Å². The number of ether oxygens (including phenoxy) is 2. The number of furan rings is 1. The first kappa shape index (κ1) is 24.4. The standard InChI is InChI=1S/C23H26N6O5S2/c1-13-5-6-15(34-13)14-9-16-17(33-12-32-16)10-18(14)35-22-27-19-20(24)25-11-26-21(19)29(22)7-8-36(30,31)28-23(2,3)4/h5-6,9-11,28H,7-8,12H2,1-4H3,(H2,24,25,26). The molecule has 0 saturated heterocycles. The summed E-state index contributed by atoms with van der Waals surface area (Å²) in [7, 11) is -3.57. The third-order valence-electron chi connectivity index (χ3n) is 5.25. The highest BCUT2D eigenvalue weighted by molar-refractivity contribution is 7.99. The quantitative estimate of drug-likeness (QED) is 0.363. The van der Waals surface area contributed by atoms with Gasteiger partial charge in [-0.15, -0.1) is 0 Å². The van der Waals surface area contributed by atoms with Gasteiger partial charge in [0.2, 0.25) is 16.8 Å². The fraction of sp³-hybridized carbons (Fsp3) is 0.348. The normalized spacial score (nSPS) is 13.6. The first-order chi connectivity index (χ1) is 17.0. The van der Waals surface area contributed by atoms with Crippen molar-refractivity contribution in [2.45, 2.75) is 49.8 Å². The summed E-state index contributed by atoms with van der Waals surface area (Å²) in [5, 5.41) is 0.506. The van der Waals surface area contributed by atoms with Gasteiger partial charge < -0.3 is 24.2 Å². The Balaban J connectivity index is 1.57. The van der Waals surface area contributed by atoms with Crippen molar-refractivity contribution >= 4 is 38.8 Å². The smallest absolute Gasteiger partial charge is 0.231 e. The summed E-state index contributed by atoms with van der Waals surface area (Å²) < 4.78 is 46.9. The number of aromatic nitrogens is 4. The average Bonchev–Trinajstić information content (AvgIpc) is 3.49. The van der Waals surface area contributed by atoms with E-state index in [9.17, 15) is 8.42 Å². The second-order valence-electron chi connectivity index (χ2n) is 9.36. The van der Waals surface area contributed by atoms with E-state index in [4.69, 9.17) is 19.6 Å². The van der Waals surface area contributed by atoms with Crippen molar-refractivity contribution in [3.05, 3.63) is 36.4 Å². The number of nitrogen functional groups attached to an aromatic ring is 1. The van der Waals surface area contributed by atoms with E-state index in [0.29, 0.717) is 33.6 Å². The molecule has 4 aromatic rings. The zero-order chi connectivity index (χ0) is 25.7. The summed E-state index contributed by atoms with van der Waals surface area (Å²) >= 11 is 1.33. The predicted molar refractivity (Wildman–Crippen MR) is 136 cm³/mol. The third-order valence-corrected chi connectivity index (χ3v) is 7.95. The molecule has 4 heterocycles. The maximum absolute atomic E-state index is 12.7. The highest BCUT2D eigenvalue weighted by Crippen LogP contribution is 2.45. The van der Waals surface area contributed by atoms with Gasteiger partial charge in [0.1, 0.15) is 17.8 Å². The number of hydrogen-bond acceptors (Lipinski definition) is 10. The molecule has 0 fully saturated rings. The zero-order valence-electron chi connectivity index (χ0n) is 20.2. The minimum absolute atomic E-state index is 0.112. The highest BCUT2D eigenvalue weighted by atomic mass is 32.2. The Morgan fingerprint density at radius 3 is 2.61 bits per heavy atom. The molecule has 0 bridgehead atoms. The lowest BCUT2D eigenvalue weighted by Gasteiger charge is -2.20. The number of nitrogens with one attached hydrogen (secondary N) is 1. The van der Waals surface area contributed by atoms with Crippen LogP contribution in [0, 0.1) is 6.92 Å². The number of rotatable bonds is 7. The number of sulfonamides is 1. The maximum atomic E-state index is 12.7. The average molecular weight is 531 g/mol. The van der Waals surface area contributed by atoms with Crippen molar-refractivity contribution in [3.63, 3.8) is 0 Å². The largest absolute Gasteiger partial charge is 0.461 e. The summed E-state index contributed by atoms with van der Waals surface area (Å²) in [6.07, 6.45) is 1.34. The van der Waals surface area contributed by atoms with Gasteiger partial charge in [-0.2, -0.15) is 0 Å². The number of anilines is 1. The van der Waals surface area contributed by atoms with Crippen LogP contribution in [0.3, 0.4) is 0 Å². The Hall–Kier alpha value is -3.29. The molecule has 5 rings (SSSR count). The molecule has 1 aliphatic heterocycles. The Labute approximate surface area is 212 Å². The van der Waals surface area contributed by atoms with E-state index in [0.717, 1.165) is 16.2 Å². The molecule has 0 aliphatic carbocycles. The molecule has 0 saturated carbocycles. The monoisotopic (exact) mass is 530 g/mol. The van der Waals surface area contributed by atoms with E-state index in [1.807, 2.05) is 31.2 Å². The topological polar surface area (TPSA) is 147 Å². The van der Waals surface area contributed by atoms with Crippen LogP contribution in [0.5, 0.6) is 11.5 Å². The van der Waals surface area contributed by atoms with Gasteiger partial charge in [0.15, 0.2) is 33.6 Å². The number of benzene rings is 1. The van der Waals surface area contributed by atoms with Gasteiger partial charge in [-0.3, -0.25) is 0 Å². The summed E-state index contributed by atoms with van der Waals surface area (Å²) in [4.78, 5) is 13.8. The summed E-state index contributed by atoms with van der Waals surface area (Å²) in [6.45, 7) is 7.50. The molecule has 1 aliphatic rings. The molecular weight excluding hydrogens is 504 g/mol. The number of nitrogens with two attached hydrogens (primary N) is 1. The molecule has 36 heavy (non-hydrogen) atoms. The van der Waals surface area contributed by atoms with Crippen LogP contribution < -0.4 is 19.9 Å². The molecule has 190 valence electrons. The fourth-order valence-electron chi connectivity index (χ4n) is 3.82. The molecule has 1 aromatic carbocycles. The SMILES string of the molecule is Cc1ccc(-c2cc3c(cc2Sc2nc4c(N)ncnc4n2CCS(=O)(=O)NC(C)(C)C)OCO3)o1. The lowest BCUT2D eigenvalue weighted by molar-refractivity contribution is 0.174. The van der Waals surface area contributed by atoms with E-state index in [2.05, 4.69) is 19.7 Å². The van der Waals surface area contributed by atoms with Crippen molar-refractivity contribution < 1.29 is 22.3 Å². The minimum Gasteiger partial charge on any atom is -0.461 e. The van der Waals surface area contributed by atoms with Crippen molar-refractivity contribution in [1.29, 1.82) is 0 Å². The molecule has 0 amide bonds. The second-order valence-corrected chi connectivity index (χ2v) is 12.2. The van der Waals surface area contributed by atoms with E-state index in [1.165, 1.54) is 18.1 Å². The molecule has 0 atom stereocenters. The van der Waals surface area contributed by atoms with Crippen LogP contribution in [0.1, 0.15) is 26.5 Å². The first-order valence-electron chi connectivity index (χ1n) is 11.2. The minimum atomic E-state index is -3.57. The molecular formula is C23H26N6O5S2. The zero-order valence-corrected chi connectivity index (χ0v) is 21.9. The molecule has 0 unspecified atom stereocenters. The summed E-state index contributed by atoms with van der Waals surface area (Å²) in [6, 6.07) is 7.49. The van der Waals surface area contributed by atoms with Gasteiger partial charge in [-0.05, 0) is 52.0 Å². The van der Waals surface area contributed by atoms with Crippen LogP contribution in [0.15, 0.2) is 45.1 Å². The molecule has 11 nitrogen and oxygen atoms in total. The molecule has 3 aromatic heterocycles. The van der Waals surface area contributed by atoms with Crippen LogP contribution in [-0.4, -0.2) is 46.0 Å². The Morgan fingerprint density at radius 1 is 1.17 bits per heavy atom. The van der Waals surface area contributed by atoms with Crippen molar-refractivity contribution in [1.82, 2.24) is 24.2 Å². The van der Waals surface area contributed by atoms with Gasteiger partial charge in [-0.25, -0.2) is 28.1 Å². The van der Waals surface area contributed by atoms with Gasteiger partial charge in [0.05, 0.1) is 5.75 Å². The van der Waals surface area contributed by atoms with Crippen molar-refractivity contribution in [2.75, 3.05) is 18.3 Å². The van der Waals surface area contributed by atoms with Crippen LogP contribution in [0.4, 0.5) is 5.82 Å². The maximum Gasteiger partial charge on any atom is 0.231 e. The highest BCUT2D eigenvalue weighted by Gasteiger charge is 2.25.